The van der Waals surface area contributed by atoms with Crippen molar-refractivity contribution in [1.29, 1.82) is 0 Å². The van der Waals surface area contributed by atoms with Gasteiger partial charge >= 0.3 is 5.97 Å². The van der Waals surface area contributed by atoms with Crippen molar-refractivity contribution in [2.75, 3.05) is 7.05 Å². The van der Waals surface area contributed by atoms with E-state index in [0.717, 1.165) is 0 Å². The maximum atomic E-state index is 10.2. The van der Waals surface area contributed by atoms with Crippen LogP contribution in [0.25, 0.3) is 0 Å². The summed E-state index contributed by atoms with van der Waals surface area (Å²) in [6, 6.07) is 0. The number of nitrogens with zero attached hydrogens (tertiary/aromatic N) is 1. The van der Waals surface area contributed by atoms with Crippen LogP contribution < -0.4 is 0 Å². The van der Waals surface area contributed by atoms with E-state index in [1.54, 1.807) is 7.05 Å². The number of hydrogen-bond acceptors (Lipinski definition) is 2. The van der Waals surface area contributed by atoms with Crippen LogP contribution in [0.3, 0.4) is 0 Å². The average molecular weight is 139 g/mol. The van der Waals surface area contributed by atoms with Gasteiger partial charge in [-0.2, -0.15) is 0 Å². The summed E-state index contributed by atoms with van der Waals surface area (Å²) in [6.07, 6.45) is 4.06. The molecule has 0 radical (unpaired) electrons. The van der Waals surface area contributed by atoms with Gasteiger partial charge in [0.15, 0.2) is 0 Å². The minimum absolute atomic E-state index is 0.144. The van der Waals surface area contributed by atoms with Crippen molar-refractivity contribution in [2.45, 2.75) is 0 Å². The Labute approximate surface area is 59.4 Å². The Balaban J connectivity index is 4.33. The predicted molar refractivity (Wildman–Crippen MR) is 40.3 cm³/mol. The fraction of sp³-hybridized carbons (Fsp3) is 0.143. The maximum absolute atomic E-state index is 10.2. The van der Waals surface area contributed by atoms with E-state index in [1.807, 2.05) is 0 Å². The molecule has 0 amide bonds. The van der Waals surface area contributed by atoms with Gasteiger partial charge in [-0.05, 0) is 6.08 Å². The molecule has 0 aromatic carbocycles. The zero-order valence-corrected chi connectivity index (χ0v) is 5.74. The smallest absolute Gasteiger partial charge is 0.335 e. The van der Waals surface area contributed by atoms with Crippen molar-refractivity contribution in [3.63, 3.8) is 0 Å². The number of rotatable bonds is 3. The Bertz CT molecular complexity index is 192. The first-order valence-electron chi connectivity index (χ1n) is 2.70. The van der Waals surface area contributed by atoms with Gasteiger partial charge in [0.2, 0.25) is 0 Å². The standard InChI is InChI=1S/C7H9NO2/c1-3-6(7(9)10)4-5-8-2/h3-5H,1H2,2H3,(H,9,10)/b6-4+,8-5-. The number of aliphatic imine (C=N–C) groups is 1. The number of carboxylic acid groups (broad SMARTS) is 1. The molecule has 54 valence electrons. The van der Waals surface area contributed by atoms with Gasteiger partial charge in [-0.3, -0.25) is 4.99 Å². The minimum atomic E-state index is -0.991. The lowest BCUT2D eigenvalue weighted by Gasteiger charge is -1.87. The first kappa shape index (κ1) is 8.62. The summed E-state index contributed by atoms with van der Waals surface area (Å²) in [6.45, 7) is 3.32. The van der Waals surface area contributed by atoms with Crippen molar-refractivity contribution in [3.8, 4) is 0 Å². The summed E-state index contributed by atoms with van der Waals surface area (Å²) in [4.78, 5) is 13.8. The van der Waals surface area contributed by atoms with Gasteiger partial charge in [0.05, 0.1) is 5.57 Å². The monoisotopic (exact) mass is 139 g/mol. The lowest BCUT2D eigenvalue weighted by molar-refractivity contribution is -0.132. The molecule has 0 heterocycles. The van der Waals surface area contributed by atoms with Gasteiger partial charge < -0.3 is 5.11 Å². The Kier molecular flexibility index (Phi) is 3.87. The van der Waals surface area contributed by atoms with Gasteiger partial charge in [-0.15, -0.1) is 0 Å². The fourth-order valence-corrected chi connectivity index (χ4v) is 0.381. The van der Waals surface area contributed by atoms with Crippen molar-refractivity contribution in [2.24, 2.45) is 4.99 Å². The Hall–Kier alpha value is -1.38. The lowest BCUT2D eigenvalue weighted by Crippen LogP contribution is -1.96. The summed E-state index contributed by atoms with van der Waals surface area (Å²) in [7, 11) is 1.57. The van der Waals surface area contributed by atoms with Gasteiger partial charge in [-0.1, -0.05) is 12.7 Å². The van der Waals surface area contributed by atoms with Gasteiger partial charge in [0.1, 0.15) is 0 Å². The zero-order chi connectivity index (χ0) is 7.98. The highest BCUT2D eigenvalue weighted by Crippen LogP contribution is 1.92. The molecule has 0 spiro atoms. The van der Waals surface area contributed by atoms with Crippen molar-refractivity contribution < 1.29 is 9.90 Å². The average Bonchev–Trinajstić information content (AvgIpc) is 1.89. The molecule has 0 aromatic heterocycles. The summed E-state index contributed by atoms with van der Waals surface area (Å²) < 4.78 is 0. The number of carbonyl (C=O) groups is 1. The summed E-state index contributed by atoms with van der Waals surface area (Å²) in [5, 5.41) is 8.40. The molecular weight excluding hydrogens is 130 g/mol. The van der Waals surface area contributed by atoms with Crippen LogP contribution in [0.15, 0.2) is 29.3 Å². The fourth-order valence-electron chi connectivity index (χ4n) is 0.381. The van der Waals surface area contributed by atoms with Gasteiger partial charge in [0, 0.05) is 13.3 Å². The highest BCUT2D eigenvalue weighted by Gasteiger charge is 1.98. The van der Waals surface area contributed by atoms with E-state index in [1.165, 1.54) is 18.4 Å². The van der Waals surface area contributed by atoms with Crippen molar-refractivity contribution in [1.82, 2.24) is 0 Å². The molecule has 0 aliphatic rings. The molecule has 0 aliphatic carbocycles. The second-order valence-corrected chi connectivity index (χ2v) is 1.54. The molecule has 0 saturated carbocycles. The van der Waals surface area contributed by atoms with Gasteiger partial charge in [0.25, 0.3) is 0 Å². The zero-order valence-electron chi connectivity index (χ0n) is 5.74. The van der Waals surface area contributed by atoms with E-state index in [4.69, 9.17) is 5.11 Å². The first-order valence-corrected chi connectivity index (χ1v) is 2.70. The highest BCUT2D eigenvalue weighted by atomic mass is 16.4. The van der Waals surface area contributed by atoms with E-state index in [2.05, 4.69) is 11.6 Å². The normalized spacial score (nSPS) is 11.9. The quantitative estimate of drug-likeness (QED) is 0.358. The van der Waals surface area contributed by atoms with Crippen molar-refractivity contribution in [3.05, 3.63) is 24.3 Å². The molecule has 0 fully saturated rings. The third kappa shape index (κ3) is 2.81. The van der Waals surface area contributed by atoms with Crippen LogP contribution in [0.5, 0.6) is 0 Å². The van der Waals surface area contributed by atoms with Gasteiger partial charge in [-0.25, -0.2) is 4.79 Å². The summed E-state index contributed by atoms with van der Waals surface area (Å²) >= 11 is 0. The molecule has 0 unspecified atom stereocenters. The van der Waals surface area contributed by atoms with E-state index >= 15 is 0 Å². The number of carboxylic acids is 1. The molecule has 1 N–H and O–H groups in total. The third-order valence-corrected chi connectivity index (χ3v) is 0.870. The van der Waals surface area contributed by atoms with Crippen molar-refractivity contribution >= 4 is 12.2 Å². The molecule has 0 atom stereocenters. The van der Waals surface area contributed by atoms with Crippen LogP contribution >= 0.6 is 0 Å². The Morgan fingerprint density at radius 3 is 2.60 bits per heavy atom. The largest absolute Gasteiger partial charge is 0.478 e. The van der Waals surface area contributed by atoms with Crippen LogP contribution in [0, 0.1) is 0 Å². The second-order valence-electron chi connectivity index (χ2n) is 1.54. The number of aliphatic carboxylic acids is 1. The first-order chi connectivity index (χ1) is 4.72. The van der Waals surface area contributed by atoms with Crippen LogP contribution in [0.1, 0.15) is 0 Å². The number of allylic oxidation sites excluding steroid dienone is 1. The van der Waals surface area contributed by atoms with Crippen LogP contribution in [0.2, 0.25) is 0 Å². The Morgan fingerprint density at radius 1 is 1.70 bits per heavy atom. The summed E-state index contributed by atoms with van der Waals surface area (Å²) in [5.41, 5.74) is 0.144. The minimum Gasteiger partial charge on any atom is -0.478 e. The predicted octanol–water partition coefficient (Wildman–Crippen LogP) is 0.884. The lowest BCUT2D eigenvalue weighted by atomic mass is 10.2. The van der Waals surface area contributed by atoms with Crippen LogP contribution in [0.4, 0.5) is 0 Å². The molecule has 0 aliphatic heterocycles. The third-order valence-electron chi connectivity index (χ3n) is 0.870. The van der Waals surface area contributed by atoms with E-state index in [0.29, 0.717) is 0 Å². The van der Waals surface area contributed by atoms with Crippen LogP contribution in [-0.2, 0) is 4.79 Å². The van der Waals surface area contributed by atoms with E-state index in [9.17, 15) is 4.79 Å². The molecular formula is C7H9NO2. The molecule has 10 heavy (non-hydrogen) atoms. The SMILES string of the molecule is C=C/C(=C\C=N/C)C(=O)O. The van der Waals surface area contributed by atoms with Crippen LogP contribution in [-0.4, -0.2) is 24.3 Å². The topological polar surface area (TPSA) is 49.7 Å². The second kappa shape index (κ2) is 4.49. The summed E-state index contributed by atoms with van der Waals surface area (Å²) in [5.74, 6) is -0.991. The van der Waals surface area contributed by atoms with E-state index in [-0.39, 0.29) is 5.57 Å². The highest BCUT2D eigenvalue weighted by molar-refractivity contribution is 5.94. The Morgan fingerprint density at radius 2 is 2.30 bits per heavy atom. The maximum Gasteiger partial charge on any atom is 0.335 e. The number of hydrogen-bond donors (Lipinski definition) is 1. The molecule has 0 bridgehead atoms. The molecule has 0 rings (SSSR count). The molecule has 3 heteroatoms. The molecule has 0 saturated heterocycles. The molecule has 0 aromatic rings. The van der Waals surface area contributed by atoms with E-state index < -0.39 is 5.97 Å². The molecule has 3 nitrogen and oxygen atoms in total.